The summed E-state index contributed by atoms with van der Waals surface area (Å²) in [7, 11) is -0.800. The summed E-state index contributed by atoms with van der Waals surface area (Å²) in [6.45, 7) is 0.459. The monoisotopic (exact) mass is 509 g/mol. The van der Waals surface area contributed by atoms with E-state index in [1.54, 1.807) is 31.3 Å². The fraction of sp³-hybridized carbons (Fsp3) is 0.143. The van der Waals surface area contributed by atoms with Gasteiger partial charge in [-0.1, -0.05) is 6.07 Å². The smallest absolute Gasteiger partial charge is 0.328 e. The molecule has 0 aliphatic heterocycles. The summed E-state index contributed by atoms with van der Waals surface area (Å²) in [5.41, 5.74) is 0.406. The Morgan fingerprint density at radius 2 is 1.82 bits per heavy atom. The summed E-state index contributed by atoms with van der Waals surface area (Å²) in [4.78, 5) is 27.5. The number of hydrogen-bond acceptors (Lipinski definition) is 9. The molecule has 3 rings (SSSR count). The van der Waals surface area contributed by atoms with Gasteiger partial charge in [-0.05, 0) is 31.3 Å². The standard InChI is InChI=1S/C17H16FN3O3S2.C4H4O4/c1-19-10-11-9-13(12-5-4-8-20-16(12)18)17(25-11)26(22,23)15-7-3-6-14(21-15)24-2;5-3(6)1-2-4(7)8/h3-9,19H,10H2,1-2H3;1-2H,(H,5,6)(H,7,8)/b;2-1+. The van der Waals surface area contributed by atoms with E-state index < -0.39 is 27.7 Å². The molecule has 13 heteroatoms. The number of aromatic nitrogens is 2. The van der Waals surface area contributed by atoms with E-state index in [2.05, 4.69) is 15.3 Å². The molecule has 3 heterocycles. The molecule has 0 bridgehead atoms. The number of thiophene rings is 1. The third-order valence-corrected chi connectivity index (χ3v) is 7.27. The number of rotatable bonds is 8. The molecule has 10 nitrogen and oxygen atoms in total. The number of carboxylic acids is 2. The highest BCUT2D eigenvalue weighted by atomic mass is 32.2. The van der Waals surface area contributed by atoms with Crippen molar-refractivity contribution in [2.45, 2.75) is 15.8 Å². The molecule has 0 saturated heterocycles. The fourth-order valence-corrected chi connectivity index (χ4v) is 5.60. The highest BCUT2D eigenvalue weighted by Gasteiger charge is 2.28. The zero-order valence-corrected chi connectivity index (χ0v) is 19.6. The van der Waals surface area contributed by atoms with Gasteiger partial charge in [0.2, 0.25) is 21.7 Å². The number of carboxylic acid groups (broad SMARTS) is 2. The minimum Gasteiger partial charge on any atom is -0.481 e. The number of hydrogen-bond donors (Lipinski definition) is 3. The van der Waals surface area contributed by atoms with Crippen LogP contribution >= 0.6 is 11.3 Å². The van der Waals surface area contributed by atoms with E-state index in [0.717, 1.165) is 16.2 Å². The van der Waals surface area contributed by atoms with Gasteiger partial charge in [-0.15, -0.1) is 11.3 Å². The number of aliphatic carboxylic acids is 2. The van der Waals surface area contributed by atoms with Gasteiger partial charge in [0.05, 0.1) is 7.11 Å². The summed E-state index contributed by atoms with van der Waals surface area (Å²) >= 11 is 1.08. The van der Waals surface area contributed by atoms with Gasteiger partial charge in [0.1, 0.15) is 4.21 Å². The van der Waals surface area contributed by atoms with Gasteiger partial charge in [0.25, 0.3) is 0 Å². The molecule has 0 aromatic carbocycles. The predicted molar refractivity (Wildman–Crippen MR) is 121 cm³/mol. The average Bonchev–Trinajstić information content (AvgIpc) is 3.23. The van der Waals surface area contributed by atoms with Crippen molar-refractivity contribution in [1.82, 2.24) is 15.3 Å². The number of nitrogens with zero attached hydrogens (tertiary/aromatic N) is 2. The number of pyridine rings is 2. The van der Waals surface area contributed by atoms with Gasteiger partial charge in [-0.3, -0.25) is 0 Å². The van der Waals surface area contributed by atoms with E-state index in [1.807, 2.05) is 0 Å². The lowest BCUT2D eigenvalue weighted by Gasteiger charge is -2.07. The second kappa shape index (κ2) is 12.0. The Kier molecular flexibility index (Phi) is 9.36. The summed E-state index contributed by atoms with van der Waals surface area (Å²) in [6, 6.07) is 9.22. The largest absolute Gasteiger partial charge is 0.481 e. The van der Waals surface area contributed by atoms with Crippen LogP contribution in [0.5, 0.6) is 5.88 Å². The lowest BCUT2D eigenvalue weighted by Crippen LogP contribution is -2.05. The van der Waals surface area contributed by atoms with Crippen molar-refractivity contribution in [3.8, 4) is 17.0 Å². The summed E-state index contributed by atoms with van der Waals surface area (Å²) < 4.78 is 45.6. The first kappa shape index (κ1) is 26.6. The molecule has 3 aromatic heterocycles. The van der Waals surface area contributed by atoms with E-state index in [0.29, 0.717) is 18.7 Å². The van der Waals surface area contributed by atoms with Crippen LogP contribution in [0.1, 0.15) is 4.88 Å². The zero-order chi connectivity index (χ0) is 25.3. The predicted octanol–water partition coefficient (Wildman–Crippen LogP) is 2.62. The normalized spacial score (nSPS) is 11.0. The average molecular weight is 510 g/mol. The Balaban J connectivity index is 0.000000440. The van der Waals surface area contributed by atoms with E-state index >= 15 is 0 Å². The summed E-state index contributed by atoms with van der Waals surface area (Å²) in [5.74, 6) is -3.05. The number of sulfone groups is 1. The van der Waals surface area contributed by atoms with Crippen molar-refractivity contribution >= 4 is 33.1 Å². The van der Waals surface area contributed by atoms with Crippen LogP contribution in [0.15, 0.2) is 64.0 Å². The quantitative estimate of drug-likeness (QED) is 0.305. The van der Waals surface area contributed by atoms with E-state index in [-0.39, 0.29) is 26.2 Å². The molecule has 0 spiro atoms. The number of ether oxygens (including phenoxy) is 1. The number of methoxy groups -OCH3 is 1. The molecule has 34 heavy (non-hydrogen) atoms. The molecule has 0 aliphatic carbocycles. The zero-order valence-electron chi connectivity index (χ0n) is 17.9. The molecule has 0 aliphatic rings. The maximum atomic E-state index is 14.2. The van der Waals surface area contributed by atoms with Crippen molar-refractivity contribution in [1.29, 1.82) is 0 Å². The first-order valence-electron chi connectivity index (χ1n) is 9.38. The molecular weight excluding hydrogens is 489 g/mol. The van der Waals surface area contributed by atoms with Gasteiger partial charge in [0.15, 0.2) is 5.03 Å². The molecule has 0 atom stereocenters. The van der Waals surface area contributed by atoms with Gasteiger partial charge in [-0.25, -0.2) is 28.0 Å². The first-order chi connectivity index (χ1) is 16.1. The third-order valence-electron chi connectivity index (χ3n) is 3.94. The Labute approximate surface area is 198 Å². The van der Waals surface area contributed by atoms with Crippen LogP contribution in [-0.2, 0) is 26.0 Å². The number of halogens is 1. The highest BCUT2D eigenvalue weighted by molar-refractivity contribution is 7.93. The van der Waals surface area contributed by atoms with Crippen molar-refractivity contribution in [2.24, 2.45) is 0 Å². The lowest BCUT2D eigenvalue weighted by atomic mass is 10.1. The van der Waals surface area contributed by atoms with Gasteiger partial charge >= 0.3 is 11.9 Å². The lowest BCUT2D eigenvalue weighted by molar-refractivity contribution is -0.134. The molecule has 0 fully saturated rings. The molecule has 0 saturated carbocycles. The second-order valence-electron chi connectivity index (χ2n) is 6.32. The minimum atomic E-state index is -3.96. The van der Waals surface area contributed by atoms with Crippen LogP contribution in [-0.4, -0.2) is 54.7 Å². The van der Waals surface area contributed by atoms with Crippen LogP contribution in [0.25, 0.3) is 11.1 Å². The Hall–Kier alpha value is -3.68. The molecule has 180 valence electrons. The van der Waals surface area contributed by atoms with Crippen LogP contribution in [0.3, 0.4) is 0 Å². The van der Waals surface area contributed by atoms with Crippen molar-refractivity contribution in [2.75, 3.05) is 14.2 Å². The van der Waals surface area contributed by atoms with Crippen LogP contribution in [0.2, 0.25) is 0 Å². The molecular formula is C21H20FN3O7S2. The molecule has 3 aromatic rings. The summed E-state index contributed by atoms with van der Waals surface area (Å²) in [5, 5.41) is 18.4. The third kappa shape index (κ3) is 6.91. The topological polar surface area (TPSA) is 156 Å². The van der Waals surface area contributed by atoms with Crippen molar-refractivity contribution in [3.63, 3.8) is 0 Å². The number of nitrogens with one attached hydrogen (secondary N) is 1. The highest BCUT2D eigenvalue weighted by Crippen LogP contribution is 2.38. The fourth-order valence-electron chi connectivity index (χ4n) is 2.56. The molecule has 3 N–H and O–H groups in total. The van der Waals surface area contributed by atoms with Crippen LogP contribution in [0.4, 0.5) is 4.39 Å². The van der Waals surface area contributed by atoms with E-state index in [4.69, 9.17) is 14.9 Å². The SMILES string of the molecule is CNCc1cc(-c2cccnc2F)c(S(=O)(=O)c2cccc(OC)n2)s1.O=C(O)/C=C/C(=O)O. The minimum absolute atomic E-state index is 0.0235. The van der Waals surface area contributed by atoms with Gasteiger partial charge in [-0.2, -0.15) is 4.39 Å². The van der Waals surface area contributed by atoms with E-state index in [9.17, 15) is 22.4 Å². The van der Waals surface area contributed by atoms with Gasteiger partial charge in [0, 0.05) is 47.0 Å². The molecule has 0 radical (unpaired) electrons. The molecule has 0 amide bonds. The van der Waals surface area contributed by atoms with Gasteiger partial charge < -0.3 is 20.3 Å². The first-order valence-corrected chi connectivity index (χ1v) is 11.7. The second-order valence-corrected chi connectivity index (χ2v) is 9.55. The Morgan fingerprint density at radius 3 is 2.38 bits per heavy atom. The van der Waals surface area contributed by atoms with Crippen LogP contribution < -0.4 is 10.1 Å². The summed E-state index contributed by atoms with van der Waals surface area (Å²) in [6.07, 6.45) is 2.43. The maximum Gasteiger partial charge on any atom is 0.328 e. The maximum absolute atomic E-state index is 14.2. The van der Waals surface area contributed by atoms with Crippen LogP contribution in [0, 0.1) is 5.95 Å². The van der Waals surface area contributed by atoms with Crippen molar-refractivity contribution in [3.05, 3.63) is 65.6 Å². The Morgan fingerprint density at radius 1 is 1.15 bits per heavy atom. The van der Waals surface area contributed by atoms with Crippen molar-refractivity contribution < 1.29 is 37.3 Å². The van der Waals surface area contributed by atoms with E-state index in [1.165, 1.54) is 25.4 Å². The number of carbonyl (C=O) groups is 2. The molecule has 0 unspecified atom stereocenters. The Bertz CT molecular complexity index is 1290.